The van der Waals surface area contributed by atoms with Crippen LogP contribution < -0.4 is 15.4 Å². The van der Waals surface area contributed by atoms with Gasteiger partial charge in [0.1, 0.15) is 5.75 Å². The van der Waals surface area contributed by atoms with E-state index in [1.54, 1.807) is 0 Å². The lowest BCUT2D eigenvalue weighted by molar-refractivity contribution is -0.122. The molecule has 1 aromatic heterocycles. The highest BCUT2D eigenvalue weighted by Gasteiger charge is 2.17. The van der Waals surface area contributed by atoms with Crippen LogP contribution in [0.5, 0.6) is 5.75 Å². The lowest BCUT2D eigenvalue weighted by Gasteiger charge is -2.22. The number of urea groups is 1. The number of hydrogen-bond donors (Lipinski definition) is 3. The molecule has 1 fully saturated rings. The first kappa shape index (κ1) is 17.4. The molecule has 6 nitrogen and oxygen atoms in total. The summed E-state index contributed by atoms with van der Waals surface area (Å²) in [5, 5.41) is 7.44. The van der Waals surface area contributed by atoms with Crippen molar-refractivity contribution in [2.45, 2.75) is 38.1 Å². The van der Waals surface area contributed by atoms with Gasteiger partial charge in [0.05, 0.1) is 5.52 Å². The fraction of sp³-hybridized carbons (Fsp3) is 0.333. The van der Waals surface area contributed by atoms with Gasteiger partial charge in [-0.25, -0.2) is 4.79 Å². The molecule has 2 aromatic carbocycles. The zero-order valence-electron chi connectivity index (χ0n) is 15.1. The summed E-state index contributed by atoms with van der Waals surface area (Å²) < 4.78 is 5.55. The van der Waals surface area contributed by atoms with Gasteiger partial charge >= 0.3 is 6.03 Å². The molecule has 1 aliphatic rings. The molecule has 0 unspecified atom stereocenters. The van der Waals surface area contributed by atoms with Crippen LogP contribution in [0.2, 0.25) is 0 Å². The largest absolute Gasteiger partial charge is 0.484 e. The van der Waals surface area contributed by atoms with E-state index in [0.29, 0.717) is 5.75 Å². The maximum Gasteiger partial charge on any atom is 0.321 e. The van der Waals surface area contributed by atoms with Gasteiger partial charge in [-0.05, 0) is 31.0 Å². The van der Waals surface area contributed by atoms with Gasteiger partial charge < -0.3 is 15.0 Å². The number of aromatic nitrogens is 1. The normalized spacial score (nSPS) is 15.0. The van der Waals surface area contributed by atoms with Crippen LogP contribution >= 0.6 is 0 Å². The molecule has 1 saturated carbocycles. The van der Waals surface area contributed by atoms with Crippen molar-refractivity contribution in [2.24, 2.45) is 0 Å². The van der Waals surface area contributed by atoms with Crippen LogP contribution in [-0.4, -0.2) is 29.6 Å². The lowest BCUT2D eigenvalue weighted by atomic mass is 9.96. The molecule has 0 bridgehead atoms. The number of ether oxygens (including phenoxy) is 1. The molecule has 0 saturated heterocycles. The number of nitrogens with one attached hydrogen (secondary N) is 3. The standard InChI is InChI=1S/C21H23N3O3/c25-20(24-21(26)22-14-6-2-1-3-7-14)13-27-15-10-11-17-16-8-4-5-9-18(16)23-19(17)12-15/h4-5,8-12,14,23H,1-3,6-7,13H2,(H2,22,24,25,26). The number of benzene rings is 2. The number of carbonyl (C=O) groups is 2. The van der Waals surface area contributed by atoms with Crippen LogP contribution in [0.15, 0.2) is 42.5 Å². The molecule has 0 aliphatic heterocycles. The van der Waals surface area contributed by atoms with E-state index >= 15 is 0 Å². The van der Waals surface area contributed by atoms with E-state index in [9.17, 15) is 9.59 Å². The van der Waals surface area contributed by atoms with Crippen LogP contribution in [-0.2, 0) is 4.79 Å². The van der Waals surface area contributed by atoms with Crippen molar-refractivity contribution < 1.29 is 14.3 Å². The fourth-order valence-electron chi connectivity index (χ4n) is 3.70. The Morgan fingerprint density at radius 1 is 1.00 bits per heavy atom. The van der Waals surface area contributed by atoms with Crippen LogP contribution in [0.25, 0.3) is 21.8 Å². The van der Waals surface area contributed by atoms with Gasteiger partial charge in [-0.2, -0.15) is 0 Å². The highest BCUT2D eigenvalue weighted by atomic mass is 16.5. The van der Waals surface area contributed by atoms with Gasteiger partial charge in [0.2, 0.25) is 0 Å². The third-order valence-electron chi connectivity index (χ3n) is 5.04. The van der Waals surface area contributed by atoms with E-state index in [4.69, 9.17) is 4.74 Å². The molecule has 0 atom stereocenters. The highest BCUT2D eigenvalue weighted by Crippen LogP contribution is 2.28. The topological polar surface area (TPSA) is 83.2 Å². The molecule has 140 valence electrons. The SMILES string of the molecule is O=C(COc1ccc2c(c1)[nH]c1ccccc12)NC(=O)NC1CCCCC1. The number of imide groups is 1. The Morgan fingerprint density at radius 2 is 1.78 bits per heavy atom. The average Bonchev–Trinajstić information content (AvgIpc) is 3.05. The van der Waals surface area contributed by atoms with E-state index in [0.717, 1.165) is 47.5 Å². The summed E-state index contributed by atoms with van der Waals surface area (Å²) in [6.45, 7) is -0.205. The molecule has 0 spiro atoms. The van der Waals surface area contributed by atoms with Crippen molar-refractivity contribution in [2.75, 3.05) is 6.61 Å². The van der Waals surface area contributed by atoms with Gasteiger partial charge in [-0.15, -0.1) is 0 Å². The molecular formula is C21H23N3O3. The molecule has 4 rings (SSSR count). The second-order valence-electron chi connectivity index (χ2n) is 7.02. The lowest BCUT2D eigenvalue weighted by Crippen LogP contribution is -2.46. The summed E-state index contributed by atoms with van der Waals surface area (Å²) in [7, 11) is 0. The van der Waals surface area contributed by atoms with Gasteiger partial charge in [-0.3, -0.25) is 10.1 Å². The minimum absolute atomic E-state index is 0.164. The maximum absolute atomic E-state index is 12.0. The number of para-hydroxylation sites is 1. The first-order valence-electron chi connectivity index (χ1n) is 9.43. The number of amides is 3. The molecule has 0 radical (unpaired) electrons. The summed E-state index contributed by atoms with van der Waals surface area (Å²) >= 11 is 0. The third kappa shape index (κ3) is 4.05. The summed E-state index contributed by atoms with van der Waals surface area (Å²) in [5.74, 6) is 0.122. The molecule has 27 heavy (non-hydrogen) atoms. The van der Waals surface area contributed by atoms with Crippen molar-refractivity contribution in [1.29, 1.82) is 0 Å². The van der Waals surface area contributed by atoms with E-state index in [1.165, 1.54) is 6.42 Å². The smallest absolute Gasteiger partial charge is 0.321 e. The summed E-state index contributed by atoms with van der Waals surface area (Å²) in [5.41, 5.74) is 2.01. The Kier molecular flexibility index (Phi) is 4.96. The van der Waals surface area contributed by atoms with Crippen molar-refractivity contribution >= 4 is 33.7 Å². The van der Waals surface area contributed by atoms with Crippen molar-refractivity contribution in [1.82, 2.24) is 15.6 Å². The van der Waals surface area contributed by atoms with E-state index in [-0.39, 0.29) is 12.6 Å². The molecule has 3 amide bonds. The number of rotatable bonds is 4. The van der Waals surface area contributed by atoms with Crippen LogP contribution in [0.3, 0.4) is 0 Å². The number of aromatic amines is 1. The van der Waals surface area contributed by atoms with E-state index in [2.05, 4.69) is 21.7 Å². The minimum atomic E-state index is -0.458. The zero-order valence-corrected chi connectivity index (χ0v) is 15.1. The summed E-state index contributed by atoms with van der Waals surface area (Å²) in [6.07, 6.45) is 5.41. The summed E-state index contributed by atoms with van der Waals surface area (Å²) in [4.78, 5) is 27.2. The average molecular weight is 365 g/mol. The predicted molar refractivity (Wildman–Crippen MR) is 105 cm³/mol. The highest BCUT2D eigenvalue weighted by molar-refractivity contribution is 6.07. The molecule has 1 aliphatic carbocycles. The predicted octanol–water partition coefficient (Wildman–Crippen LogP) is 3.86. The number of fused-ring (bicyclic) bond motifs is 3. The Morgan fingerprint density at radius 3 is 2.63 bits per heavy atom. The van der Waals surface area contributed by atoms with Gasteiger partial charge in [0.15, 0.2) is 6.61 Å². The number of carbonyl (C=O) groups excluding carboxylic acids is 2. The molecule has 6 heteroatoms. The first-order chi connectivity index (χ1) is 13.2. The Balaban J connectivity index is 1.33. The van der Waals surface area contributed by atoms with Gasteiger partial charge in [0.25, 0.3) is 5.91 Å². The fourth-order valence-corrected chi connectivity index (χ4v) is 3.70. The molecular weight excluding hydrogens is 342 g/mol. The minimum Gasteiger partial charge on any atom is -0.484 e. The van der Waals surface area contributed by atoms with Crippen LogP contribution in [0.1, 0.15) is 32.1 Å². The van der Waals surface area contributed by atoms with Crippen molar-refractivity contribution in [3.8, 4) is 5.75 Å². The van der Waals surface area contributed by atoms with E-state index < -0.39 is 11.9 Å². The maximum atomic E-state index is 12.0. The van der Waals surface area contributed by atoms with Crippen LogP contribution in [0.4, 0.5) is 4.79 Å². The van der Waals surface area contributed by atoms with E-state index in [1.807, 2.05) is 36.4 Å². The molecule has 3 aromatic rings. The number of hydrogen-bond acceptors (Lipinski definition) is 3. The second-order valence-corrected chi connectivity index (χ2v) is 7.02. The second kappa shape index (κ2) is 7.70. The first-order valence-corrected chi connectivity index (χ1v) is 9.43. The molecule has 1 heterocycles. The number of H-pyrrole nitrogens is 1. The summed E-state index contributed by atoms with van der Waals surface area (Å²) in [6, 6.07) is 13.5. The Labute approximate surface area is 157 Å². The monoisotopic (exact) mass is 365 g/mol. The van der Waals surface area contributed by atoms with Crippen molar-refractivity contribution in [3.63, 3.8) is 0 Å². The van der Waals surface area contributed by atoms with Gasteiger partial charge in [-0.1, -0.05) is 37.5 Å². The van der Waals surface area contributed by atoms with Gasteiger partial charge in [0, 0.05) is 28.4 Å². The zero-order chi connectivity index (χ0) is 18.6. The molecule has 3 N–H and O–H groups in total. The third-order valence-corrected chi connectivity index (χ3v) is 5.04. The Bertz CT molecular complexity index is 973. The van der Waals surface area contributed by atoms with Crippen molar-refractivity contribution in [3.05, 3.63) is 42.5 Å². The Hall–Kier alpha value is -3.02. The van der Waals surface area contributed by atoms with Crippen LogP contribution in [0, 0.1) is 0 Å². The quantitative estimate of drug-likeness (QED) is 0.656.